The van der Waals surface area contributed by atoms with E-state index < -0.39 is 0 Å². The smallest absolute Gasteiger partial charge is 0.0486 e. The highest BCUT2D eigenvalue weighted by atomic mass is 32.1. The second-order valence-electron chi connectivity index (χ2n) is 5.27. The second kappa shape index (κ2) is 6.87. The first-order valence-corrected chi connectivity index (χ1v) is 8.00. The molecule has 2 rings (SSSR count). The first kappa shape index (κ1) is 15.0. The van der Waals surface area contributed by atoms with Crippen LogP contribution in [-0.2, 0) is 5.54 Å². The van der Waals surface area contributed by atoms with Crippen LogP contribution >= 0.6 is 11.3 Å². The molecule has 0 spiro atoms. The van der Waals surface area contributed by atoms with E-state index >= 15 is 0 Å². The maximum Gasteiger partial charge on any atom is 0.0486 e. The predicted molar refractivity (Wildman–Crippen MR) is 90.1 cm³/mol. The lowest BCUT2D eigenvalue weighted by molar-refractivity contribution is 0.148. The van der Waals surface area contributed by atoms with Crippen LogP contribution in [0.1, 0.15) is 30.2 Å². The molecule has 0 aliphatic carbocycles. The largest absolute Gasteiger partial charge is 0.299 e. The van der Waals surface area contributed by atoms with Gasteiger partial charge in [-0.1, -0.05) is 49.4 Å². The summed E-state index contributed by atoms with van der Waals surface area (Å²) < 4.78 is 0. The van der Waals surface area contributed by atoms with Gasteiger partial charge in [0.05, 0.1) is 0 Å². The molecule has 1 aromatic heterocycles. The van der Waals surface area contributed by atoms with Crippen molar-refractivity contribution in [2.45, 2.75) is 25.3 Å². The number of hydrogen-bond donors (Lipinski definition) is 0. The second-order valence-corrected chi connectivity index (χ2v) is 6.25. The average Bonchev–Trinajstić information content (AvgIpc) is 2.97. The van der Waals surface area contributed by atoms with Gasteiger partial charge in [-0.2, -0.15) is 0 Å². The number of nitrogens with zero attached hydrogens (tertiary/aromatic N) is 1. The molecule has 0 radical (unpaired) electrons. The zero-order chi connectivity index (χ0) is 14.4. The Labute approximate surface area is 126 Å². The molecule has 1 atom stereocenters. The Morgan fingerprint density at radius 3 is 2.40 bits per heavy atom. The highest BCUT2D eigenvalue weighted by Gasteiger charge is 2.31. The number of hydrogen-bond acceptors (Lipinski definition) is 2. The quantitative estimate of drug-likeness (QED) is 0.720. The van der Waals surface area contributed by atoms with Gasteiger partial charge in [-0.3, -0.25) is 4.90 Å². The Hall–Kier alpha value is -1.38. The van der Waals surface area contributed by atoms with Gasteiger partial charge < -0.3 is 0 Å². The van der Waals surface area contributed by atoms with E-state index in [4.69, 9.17) is 0 Å². The van der Waals surface area contributed by atoms with Gasteiger partial charge in [-0.15, -0.1) is 11.3 Å². The van der Waals surface area contributed by atoms with Crippen LogP contribution in [0.4, 0.5) is 0 Å². The number of rotatable bonds is 6. The lowest BCUT2D eigenvalue weighted by atomic mass is 9.83. The van der Waals surface area contributed by atoms with E-state index in [1.54, 1.807) is 11.3 Å². The maximum absolute atomic E-state index is 2.35. The fraction of sp³-hybridized carbons (Fsp3) is 0.333. The summed E-state index contributed by atoms with van der Waals surface area (Å²) in [5.74, 6) is 0. The van der Waals surface area contributed by atoms with Crippen LogP contribution in [0.2, 0.25) is 0 Å². The van der Waals surface area contributed by atoms with Crippen LogP contribution < -0.4 is 0 Å². The van der Waals surface area contributed by atoms with Crippen molar-refractivity contribution in [2.75, 3.05) is 14.1 Å². The van der Waals surface area contributed by atoms with Gasteiger partial charge in [-0.05, 0) is 50.0 Å². The molecule has 20 heavy (non-hydrogen) atoms. The van der Waals surface area contributed by atoms with Crippen LogP contribution in [0.5, 0.6) is 0 Å². The van der Waals surface area contributed by atoms with Crippen LogP contribution in [0.3, 0.4) is 0 Å². The molecular weight excluding hydrogens is 262 g/mol. The van der Waals surface area contributed by atoms with Gasteiger partial charge in [0.2, 0.25) is 0 Å². The molecule has 0 N–H and O–H groups in total. The monoisotopic (exact) mass is 285 g/mol. The summed E-state index contributed by atoms with van der Waals surface area (Å²) in [5, 5.41) is 2.12. The lowest BCUT2D eigenvalue weighted by Crippen LogP contribution is -2.40. The molecular formula is C18H23NS. The Morgan fingerprint density at radius 2 is 1.85 bits per heavy atom. The zero-order valence-corrected chi connectivity index (χ0v) is 13.4. The summed E-state index contributed by atoms with van der Waals surface area (Å²) in [6, 6.07) is 15.1. The van der Waals surface area contributed by atoms with Gasteiger partial charge in [0, 0.05) is 10.4 Å². The molecule has 1 unspecified atom stereocenters. The van der Waals surface area contributed by atoms with E-state index in [-0.39, 0.29) is 5.54 Å². The summed E-state index contributed by atoms with van der Waals surface area (Å²) in [4.78, 5) is 3.67. The Balaban J connectivity index is 2.24. The van der Waals surface area contributed by atoms with Gasteiger partial charge in [-0.25, -0.2) is 0 Å². The molecule has 2 heteroatoms. The summed E-state index contributed by atoms with van der Waals surface area (Å²) in [6.07, 6.45) is 6.67. The predicted octanol–water partition coefficient (Wildman–Crippen LogP) is 5.02. The molecule has 1 heterocycles. The van der Waals surface area contributed by atoms with E-state index in [1.807, 2.05) is 0 Å². The third kappa shape index (κ3) is 3.20. The van der Waals surface area contributed by atoms with Crippen LogP contribution in [-0.4, -0.2) is 19.0 Å². The number of benzene rings is 1. The third-order valence-electron chi connectivity index (χ3n) is 4.03. The molecule has 106 valence electrons. The van der Waals surface area contributed by atoms with Crippen LogP contribution in [0, 0.1) is 0 Å². The highest BCUT2D eigenvalue weighted by molar-refractivity contribution is 7.10. The maximum atomic E-state index is 2.35. The van der Waals surface area contributed by atoms with E-state index in [1.165, 1.54) is 10.4 Å². The lowest BCUT2D eigenvalue weighted by Gasteiger charge is -2.39. The summed E-state index contributed by atoms with van der Waals surface area (Å²) in [6.45, 7) is 2.27. The van der Waals surface area contributed by atoms with E-state index in [0.29, 0.717) is 0 Å². The third-order valence-corrected chi connectivity index (χ3v) is 4.87. The van der Waals surface area contributed by atoms with Crippen molar-refractivity contribution >= 4 is 17.4 Å². The van der Waals surface area contributed by atoms with E-state index in [9.17, 15) is 0 Å². The Kier molecular flexibility index (Phi) is 5.16. The van der Waals surface area contributed by atoms with Crippen molar-refractivity contribution < 1.29 is 0 Å². The summed E-state index contributed by atoms with van der Waals surface area (Å²) >= 11 is 1.78. The normalized spacial score (nSPS) is 14.8. The van der Waals surface area contributed by atoms with Crippen LogP contribution in [0.25, 0.3) is 6.08 Å². The molecule has 1 nitrogen and oxygen atoms in total. The van der Waals surface area contributed by atoms with Crippen molar-refractivity contribution in [3.8, 4) is 0 Å². The van der Waals surface area contributed by atoms with Gasteiger partial charge in [0.25, 0.3) is 0 Å². The van der Waals surface area contributed by atoms with Gasteiger partial charge in [0.1, 0.15) is 0 Å². The highest BCUT2D eigenvalue weighted by Crippen LogP contribution is 2.34. The molecule has 0 saturated heterocycles. The minimum atomic E-state index is 0.0784. The standard InChI is InChI=1S/C18H23NS/c1-4-18(19(2)3,16-10-6-5-7-11-16)14-8-12-17-13-9-15-20-17/h5-13,15H,4,14H2,1-3H3. The molecule has 0 bridgehead atoms. The zero-order valence-electron chi connectivity index (χ0n) is 12.5. The van der Waals surface area contributed by atoms with Crippen molar-refractivity contribution in [1.82, 2.24) is 4.90 Å². The molecule has 0 fully saturated rings. The SMILES string of the molecule is CCC(CC=Cc1cccs1)(c1ccccc1)N(C)C. The average molecular weight is 285 g/mol. The molecule has 0 amide bonds. The molecule has 2 aromatic rings. The first-order valence-electron chi connectivity index (χ1n) is 7.12. The Bertz CT molecular complexity index is 528. The summed E-state index contributed by atoms with van der Waals surface area (Å²) in [5.41, 5.74) is 1.47. The van der Waals surface area contributed by atoms with Crippen molar-refractivity contribution in [1.29, 1.82) is 0 Å². The topological polar surface area (TPSA) is 3.24 Å². The van der Waals surface area contributed by atoms with Crippen molar-refractivity contribution in [2.24, 2.45) is 0 Å². The molecule has 0 aliphatic heterocycles. The fourth-order valence-electron chi connectivity index (χ4n) is 2.73. The minimum Gasteiger partial charge on any atom is -0.299 e. The van der Waals surface area contributed by atoms with Crippen LogP contribution in [0.15, 0.2) is 53.9 Å². The minimum absolute atomic E-state index is 0.0784. The van der Waals surface area contributed by atoms with Crippen molar-refractivity contribution in [3.63, 3.8) is 0 Å². The van der Waals surface area contributed by atoms with E-state index in [0.717, 1.165) is 12.8 Å². The molecule has 0 saturated carbocycles. The molecule has 1 aromatic carbocycles. The molecule has 0 aliphatic rings. The summed E-state index contributed by atoms with van der Waals surface area (Å²) in [7, 11) is 4.35. The Morgan fingerprint density at radius 1 is 1.10 bits per heavy atom. The van der Waals surface area contributed by atoms with E-state index in [2.05, 4.69) is 85.9 Å². The van der Waals surface area contributed by atoms with Gasteiger partial charge >= 0.3 is 0 Å². The first-order chi connectivity index (χ1) is 9.69. The van der Waals surface area contributed by atoms with Crippen molar-refractivity contribution in [3.05, 3.63) is 64.4 Å². The van der Waals surface area contributed by atoms with Gasteiger partial charge in [0.15, 0.2) is 0 Å². The fourth-order valence-corrected chi connectivity index (χ4v) is 3.37. The number of thiophene rings is 1.